The summed E-state index contributed by atoms with van der Waals surface area (Å²) in [4.78, 5) is 37.7. The van der Waals surface area contributed by atoms with Gasteiger partial charge in [0, 0.05) is 18.4 Å². The second kappa shape index (κ2) is 13.1. The third-order valence-corrected chi connectivity index (χ3v) is 5.32. The molecule has 0 atom stereocenters. The maximum atomic E-state index is 12.8. The Hall–Kier alpha value is -3.88. The Morgan fingerprint density at radius 1 is 0.886 bits per heavy atom. The molecule has 9 heteroatoms. The zero-order valence-electron chi connectivity index (χ0n) is 20.2. The largest absolute Gasteiger partial charge is 0.494 e. The normalized spacial score (nSPS) is 10.7. The first-order valence-electron chi connectivity index (χ1n) is 12.0. The number of rotatable bonds is 12. The molecule has 2 amide bonds. The number of fused-ring (bicyclic) bond motifs is 1. The average molecular weight is 481 g/mol. The summed E-state index contributed by atoms with van der Waals surface area (Å²) >= 11 is 0. The van der Waals surface area contributed by atoms with E-state index in [1.54, 1.807) is 24.3 Å². The minimum absolute atomic E-state index is 0.0934. The van der Waals surface area contributed by atoms with E-state index >= 15 is 0 Å². The van der Waals surface area contributed by atoms with Crippen LogP contribution in [0.2, 0.25) is 0 Å². The summed E-state index contributed by atoms with van der Waals surface area (Å²) in [6, 6.07) is 14.1. The molecule has 0 bridgehead atoms. The van der Waals surface area contributed by atoms with E-state index in [2.05, 4.69) is 22.9 Å². The summed E-state index contributed by atoms with van der Waals surface area (Å²) < 4.78 is 12.3. The van der Waals surface area contributed by atoms with Gasteiger partial charge in [-0.15, -0.1) is 0 Å². The van der Waals surface area contributed by atoms with Crippen molar-refractivity contribution in [3.05, 3.63) is 64.6 Å². The molecule has 186 valence electrons. The highest BCUT2D eigenvalue weighted by atomic mass is 16.5. The van der Waals surface area contributed by atoms with E-state index in [-0.39, 0.29) is 23.6 Å². The number of hydrogen-bond donors (Lipinski definition) is 2. The molecule has 0 unspecified atom stereocenters. The van der Waals surface area contributed by atoms with E-state index in [1.807, 2.05) is 31.2 Å². The predicted octanol–water partition coefficient (Wildman–Crippen LogP) is 3.61. The molecule has 1 aromatic heterocycles. The molecule has 3 rings (SSSR count). The Bertz CT molecular complexity index is 1190. The van der Waals surface area contributed by atoms with Gasteiger partial charge in [-0.2, -0.15) is 5.10 Å². The van der Waals surface area contributed by atoms with E-state index in [0.717, 1.165) is 25.0 Å². The van der Waals surface area contributed by atoms with Gasteiger partial charge >= 0.3 is 0 Å². The van der Waals surface area contributed by atoms with Gasteiger partial charge in [0.1, 0.15) is 11.5 Å². The van der Waals surface area contributed by atoms with Crippen molar-refractivity contribution in [2.75, 3.05) is 13.2 Å². The lowest BCUT2D eigenvalue weighted by Crippen LogP contribution is -2.42. The minimum atomic E-state index is -0.579. The van der Waals surface area contributed by atoms with E-state index < -0.39 is 5.91 Å². The molecule has 0 saturated heterocycles. The topological polar surface area (TPSA) is 112 Å². The number of nitrogens with one attached hydrogen (secondary N) is 2. The van der Waals surface area contributed by atoms with E-state index in [4.69, 9.17) is 9.47 Å². The fourth-order valence-electron chi connectivity index (χ4n) is 3.54. The molecule has 0 aliphatic carbocycles. The number of hydrogen-bond acceptors (Lipinski definition) is 6. The van der Waals surface area contributed by atoms with Crippen LogP contribution in [0.25, 0.3) is 10.8 Å². The molecular formula is C26H32N4O5. The Morgan fingerprint density at radius 2 is 1.57 bits per heavy atom. The number of carbonyl (C=O) groups is 2. The van der Waals surface area contributed by atoms with Crippen LogP contribution in [0.4, 0.5) is 0 Å². The van der Waals surface area contributed by atoms with Crippen molar-refractivity contribution in [1.29, 1.82) is 0 Å². The third-order valence-electron chi connectivity index (χ3n) is 5.32. The van der Waals surface area contributed by atoms with Gasteiger partial charge in [-0.25, -0.2) is 4.68 Å². The molecule has 0 saturated carbocycles. The molecule has 0 spiro atoms. The Kier molecular flexibility index (Phi) is 9.65. The molecule has 3 aromatic rings. The summed E-state index contributed by atoms with van der Waals surface area (Å²) in [5.41, 5.74) is 4.69. The summed E-state index contributed by atoms with van der Waals surface area (Å²) in [7, 11) is 0. The van der Waals surface area contributed by atoms with Crippen molar-refractivity contribution >= 4 is 22.6 Å². The summed E-state index contributed by atoms with van der Waals surface area (Å²) in [6.07, 6.45) is 3.40. The fourth-order valence-corrected chi connectivity index (χ4v) is 3.54. The van der Waals surface area contributed by atoms with Crippen LogP contribution >= 0.6 is 0 Å². The van der Waals surface area contributed by atoms with Gasteiger partial charge in [0.25, 0.3) is 11.5 Å². The lowest BCUT2D eigenvalue weighted by atomic mass is 10.1. The lowest BCUT2D eigenvalue weighted by molar-refractivity contribution is -0.122. The maximum absolute atomic E-state index is 12.8. The highest BCUT2D eigenvalue weighted by molar-refractivity contribution is 6.05. The first-order chi connectivity index (χ1) is 17.0. The van der Waals surface area contributed by atoms with Gasteiger partial charge in [-0.1, -0.05) is 38.0 Å². The van der Waals surface area contributed by atoms with Gasteiger partial charge < -0.3 is 9.47 Å². The van der Waals surface area contributed by atoms with Crippen molar-refractivity contribution in [2.45, 2.75) is 52.5 Å². The molecule has 0 fully saturated rings. The molecule has 0 aliphatic heterocycles. The van der Waals surface area contributed by atoms with Crippen LogP contribution in [-0.4, -0.2) is 34.8 Å². The highest BCUT2D eigenvalue weighted by Gasteiger charge is 2.17. The smallest absolute Gasteiger partial charge is 0.290 e. The molecule has 9 nitrogen and oxygen atoms in total. The lowest BCUT2D eigenvalue weighted by Gasteiger charge is -2.12. The van der Waals surface area contributed by atoms with Crippen molar-refractivity contribution < 1.29 is 19.1 Å². The van der Waals surface area contributed by atoms with Gasteiger partial charge in [0.05, 0.1) is 18.6 Å². The zero-order chi connectivity index (χ0) is 25.0. The van der Waals surface area contributed by atoms with Crippen LogP contribution in [0.1, 0.15) is 56.4 Å². The minimum Gasteiger partial charge on any atom is -0.494 e. The molecule has 2 aromatic carbocycles. The molecule has 2 N–H and O–H groups in total. The van der Waals surface area contributed by atoms with Crippen molar-refractivity contribution in [2.24, 2.45) is 0 Å². The van der Waals surface area contributed by atoms with Gasteiger partial charge in [0.2, 0.25) is 5.91 Å². The molecule has 35 heavy (non-hydrogen) atoms. The number of nitrogens with zero attached hydrogens (tertiary/aromatic N) is 2. The van der Waals surface area contributed by atoms with Crippen LogP contribution in [0.5, 0.6) is 11.5 Å². The third kappa shape index (κ3) is 7.30. The van der Waals surface area contributed by atoms with Crippen LogP contribution in [-0.2, 0) is 11.3 Å². The average Bonchev–Trinajstić information content (AvgIpc) is 2.88. The second-order valence-electron chi connectivity index (χ2n) is 7.99. The Balaban J connectivity index is 1.52. The quantitative estimate of drug-likeness (QED) is 0.303. The van der Waals surface area contributed by atoms with Crippen molar-refractivity contribution in [1.82, 2.24) is 20.6 Å². The Morgan fingerprint density at radius 3 is 2.26 bits per heavy atom. The fraction of sp³-hybridized carbons (Fsp3) is 0.385. The number of amides is 2. The Labute approximate surface area is 204 Å². The van der Waals surface area contributed by atoms with E-state index in [0.29, 0.717) is 42.7 Å². The second-order valence-corrected chi connectivity index (χ2v) is 7.99. The van der Waals surface area contributed by atoms with Gasteiger partial charge in [-0.3, -0.25) is 25.2 Å². The van der Waals surface area contributed by atoms with Crippen molar-refractivity contribution in [3.8, 4) is 11.5 Å². The number of unbranched alkanes of at least 4 members (excludes halogenated alkanes) is 2. The standard InChI is InChI=1S/C26H32N4O5/c1-3-5-8-17-30-26(33)22-11-7-6-10-21(22)24(29-30)25(32)28-27-23(31)12-9-18-35-20-15-13-19(14-16-20)34-4-2/h6-7,10-11,13-16H,3-5,8-9,12,17-18H2,1-2H3,(H,27,31)(H,28,32). The molecular weight excluding hydrogens is 448 g/mol. The van der Waals surface area contributed by atoms with Crippen LogP contribution in [0, 0.1) is 0 Å². The van der Waals surface area contributed by atoms with Crippen molar-refractivity contribution in [3.63, 3.8) is 0 Å². The maximum Gasteiger partial charge on any atom is 0.290 e. The number of aryl methyl sites for hydroxylation is 1. The predicted molar refractivity (Wildman–Crippen MR) is 133 cm³/mol. The summed E-state index contributed by atoms with van der Waals surface area (Å²) in [5, 5.41) is 5.15. The first-order valence-corrected chi connectivity index (χ1v) is 12.0. The summed E-state index contributed by atoms with van der Waals surface area (Å²) in [6.45, 7) is 5.37. The number of ether oxygens (including phenoxy) is 2. The van der Waals surface area contributed by atoms with Crippen LogP contribution in [0.15, 0.2) is 53.3 Å². The zero-order valence-corrected chi connectivity index (χ0v) is 20.2. The van der Waals surface area contributed by atoms with E-state index in [1.165, 1.54) is 4.68 Å². The van der Waals surface area contributed by atoms with Crippen LogP contribution < -0.4 is 25.9 Å². The van der Waals surface area contributed by atoms with E-state index in [9.17, 15) is 14.4 Å². The van der Waals surface area contributed by atoms with Gasteiger partial charge in [-0.05, 0) is 50.1 Å². The monoisotopic (exact) mass is 480 g/mol. The van der Waals surface area contributed by atoms with Gasteiger partial charge in [0.15, 0.2) is 5.69 Å². The SMILES string of the molecule is CCCCCn1nc(C(=O)NNC(=O)CCCOc2ccc(OCC)cc2)c2ccccc2c1=O. The first kappa shape index (κ1) is 25.7. The number of aromatic nitrogens is 2. The molecule has 0 aliphatic rings. The molecule has 1 heterocycles. The summed E-state index contributed by atoms with van der Waals surface area (Å²) in [5.74, 6) is 0.529. The molecule has 0 radical (unpaired) electrons. The number of benzene rings is 2. The number of carbonyl (C=O) groups excluding carboxylic acids is 2. The number of hydrazine groups is 1. The van der Waals surface area contributed by atoms with Crippen LogP contribution in [0.3, 0.4) is 0 Å². The highest BCUT2D eigenvalue weighted by Crippen LogP contribution is 2.18.